The monoisotopic (exact) mass is 501 g/mol. The van der Waals surface area contributed by atoms with Crippen molar-refractivity contribution >= 4 is 16.9 Å². The fraction of sp³-hybridized carbons (Fsp3) is 0.194. The molecule has 4 aromatic rings. The predicted molar refractivity (Wildman–Crippen MR) is 142 cm³/mol. The van der Waals surface area contributed by atoms with Crippen LogP contribution in [0.3, 0.4) is 0 Å². The van der Waals surface area contributed by atoms with Gasteiger partial charge in [0.25, 0.3) is 0 Å². The van der Waals surface area contributed by atoms with Gasteiger partial charge in [-0.1, -0.05) is 48.5 Å². The number of esters is 1. The van der Waals surface area contributed by atoms with Crippen LogP contribution >= 0.6 is 0 Å². The van der Waals surface area contributed by atoms with Crippen LogP contribution in [0.2, 0.25) is 0 Å². The van der Waals surface area contributed by atoms with Crippen molar-refractivity contribution in [3.63, 3.8) is 0 Å². The summed E-state index contributed by atoms with van der Waals surface area (Å²) in [4.78, 5) is 16.3. The molecule has 0 fully saturated rings. The van der Waals surface area contributed by atoms with Crippen molar-refractivity contribution in [2.24, 2.45) is 0 Å². The van der Waals surface area contributed by atoms with E-state index in [0.29, 0.717) is 11.3 Å². The molecule has 0 saturated heterocycles. The lowest BCUT2D eigenvalue weighted by Gasteiger charge is -2.26. The van der Waals surface area contributed by atoms with Crippen LogP contribution in [0.5, 0.6) is 5.75 Å². The Kier molecular flexibility index (Phi) is 7.80. The lowest BCUT2D eigenvalue weighted by molar-refractivity contribution is -0.159. The Hall–Kier alpha value is -3.57. The van der Waals surface area contributed by atoms with Crippen LogP contribution in [0.15, 0.2) is 112 Å². The van der Waals surface area contributed by atoms with E-state index < -0.39 is 11.6 Å². The Morgan fingerprint density at radius 1 is 0.778 bits per heavy atom. The maximum Gasteiger partial charge on any atom is 0.345 e. The highest BCUT2D eigenvalue weighted by atomic mass is 32.2. The average Bonchev–Trinajstić information content (AvgIpc) is 2.85. The first-order valence-electron chi connectivity index (χ1n) is 11.8. The summed E-state index contributed by atoms with van der Waals surface area (Å²) in [6, 6.07) is 31.2. The molecule has 4 rings (SSSR count). The van der Waals surface area contributed by atoms with Crippen molar-refractivity contribution in [3.05, 3.63) is 120 Å². The topological polar surface area (TPSA) is 35.5 Å². The number of carbonyl (C=O) groups excluding carboxylic acids is 1. The van der Waals surface area contributed by atoms with E-state index in [9.17, 15) is 9.18 Å². The van der Waals surface area contributed by atoms with E-state index in [1.54, 1.807) is 26.0 Å². The number of hydrogen-bond donors (Lipinski definition) is 0. The van der Waals surface area contributed by atoms with Crippen LogP contribution in [-0.4, -0.2) is 12.6 Å². The summed E-state index contributed by atoms with van der Waals surface area (Å²) in [5.41, 5.74) is 1.73. The van der Waals surface area contributed by atoms with Gasteiger partial charge in [-0.05, 0) is 80.8 Å². The number of benzene rings is 4. The maximum atomic E-state index is 13.3. The van der Waals surface area contributed by atoms with Gasteiger partial charge in [0.05, 0.1) is 10.9 Å². The number of rotatable bonds is 8. The Morgan fingerprint density at radius 2 is 1.28 bits per heavy atom. The molecular formula is C31H30FO3S+. The van der Waals surface area contributed by atoms with Crippen LogP contribution in [-0.2, 0) is 26.0 Å². The van der Waals surface area contributed by atoms with Gasteiger partial charge in [-0.25, -0.2) is 9.18 Å². The fourth-order valence-corrected chi connectivity index (χ4v) is 6.40. The molecule has 3 nitrogen and oxygen atoms in total. The van der Waals surface area contributed by atoms with Crippen molar-refractivity contribution in [2.75, 3.05) is 6.61 Å². The van der Waals surface area contributed by atoms with Gasteiger partial charge in [0, 0.05) is 12.1 Å². The summed E-state index contributed by atoms with van der Waals surface area (Å²) in [6.45, 7) is 7.33. The summed E-state index contributed by atoms with van der Waals surface area (Å²) in [6.07, 6.45) is 0. The van der Waals surface area contributed by atoms with E-state index in [1.807, 2.05) is 26.0 Å². The largest absolute Gasteiger partial charge is 0.481 e. The zero-order valence-corrected chi connectivity index (χ0v) is 21.8. The molecule has 0 saturated carbocycles. The van der Waals surface area contributed by atoms with E-state index in [0.717, 1.165) is 11.1 Å². The molecule has 5 heteroatoms. The Bertz CT molecular complexity index is 1260. The molecule has 4 aromatic carbocycles. The first-order chi connectivity index (χ1) is 17.2. The molecule has 0 heterocycles. The molecule has 0 bridgehead atoms. The molecule has 0 radical (unpaired) electrons. The van der Waals surface area contributed by atoms with E-state index >= 15 is 0 Å². The molecule has 0 aliphatic rings. The van der Waals surface area contributed by atoms with E-state index in [4.69, 9.17) is 9.47 Å². The second kappa shape index (κ2) is 11.0. The maximum absolute atomic E-state index is 13.3. The summed E-state index contributed by atoms with van der Waals surface area (Å²) >= 11 is 0. The molecule has 0 aliphatic heterocycles. The normalized spacial score (nSPS) is 11.4. The van der Waals surface area contributed by atoms with Gasteiger partial charge in [0.15, 0.2) is 21.3 Å². The Morgan fingerprint density at radius 3 is 1.78 bits per heavy atom. The SMILES string of the molecule is Cc1cc([S+](c2ccccc2)c2ccccc2)cc(C)c1OCC(=O)OC(C)(C)c1ccc(F)cc1. The molecule has 36 heavy (non-hydrogen) atoms. The lowest BCUT2D eigenvalue weighted by Crippen LogP contribution is -2.28. The molecule has 0 spiro atoms. The van der Waals surface area contributed by atoms with Gasteiger partial charge in [-0.2, -0.15) is 0 Å². The summed E-state index contributed by atoms with van der Waals surface area (Å²) in [5, 5.41) is 0. The second-order valence-electron chi connectivity index (χ2n) is 9.10. The molecular weight excluding hydrogens is 471 g/mol. The zero-order valence-electron chi connectivity index (χ0n) is 21.0. The molecule has 0 amide bonds. The van der Waals surface area contributed by atoms with Crippen molar-refractivity contribution in [2.45, 2.75) is 48.0 Å². The number of aryl methyl sites for hydroxylation is 2. The minimum absolute atomic E-state index is 0.214. The van der Waals surface area contributed by atoms with E-state index in [1.165, 1.54) is 26.8 Å². The molecule has 0 unspecified atom stereocenters. The minimum atomic E-state index is -0.901. The predicted octanol–water partition coefficient (Wildman–Crippen LogP) is 7.40. The first-order valence-corrected chi connectivity index (χ1v) is 13.0. The average molecular weight is 502 g/mol. The fourth-order valence-electron chi connectivity index (χ4n) is 4.13. The third kappa shape index (κ3) is 5.97. The zero-order chi connectivity index (χ0) is 25.7. The second-order valence-corrected chi connectivity index (χ2v) is 11.1. The molecule has 184 valence electrons. The third-order valence-corrected chi connectivity index (χ3v) is 8.06. The van der Waals surface area contributed by atoms with Crippen LogP contribution in [0.4, 0.5) is 4.39 Å². The Labute approximate surface area is 215 Å². The first kappa shape index (κ1) is 25.5. The molecule has 0 atom stereocenters. The van der Waals surface area contributed by atoms with Crippen LogP contribution in [0.25, 0.3) is 0 Å². The summed E-state index contributed by atoms with van der Waals surface area (Å²) in [7, 11) is -0.266. The quantitative estimate of drug-likeness (QED) is 0.186. The third-order valence-electron chi connectivity index (χ3n) is 5.87. The van der Waals surface area contributed by atoms with Crippen molar-refractivity contribution in [3.8, 4) is 5.75 Å². The van der Waals surface area contributed by atoms with Crippen LogP contribution < -0.4 is 4.74 Å². The van der Waals surface area contributed by atoms with E-state index in [-0.39, 0.29) is 23.3 Å². The van der Waals surface area contributed by atoms with Gasteiger partial charge in [-0.3, -0.25) is 0 Å². The van der Waals surface area contributed by atoms with Gasteiger partial charge in [0.1, 0.15) is 17.2 Å². The number of halogens is 1. The van der Waals surface area contributed by atoms with Gasteiger partial charge >= 0.3 is 5.97 Å². The van der Waals surface area contributed by atoms with Gasteiger partial charge in [0.2, 0.25) is 0 Å². The van der Waals surface area contributed by atoms with E-state index in [2.05, 4.69) is 60.7 Å². The smallest absolute Gasteiger partial charge is 0.345 e. The van der Waals surface area contributed by atoms with Gasteiger partial charge in [-0.15, -0.1) is 0 Å². The lowest BCUT2D eigenvalue weighted by atomic mass is 9.98. The van der Waals surface area contributed by atoms with Crippen LogP contribution in [0.1, 0.15) is 30.5 Å². The minimum Gasteiger partial charge on any atom is -0.481 e. The Balaban J connectivity index is 1.53. The van der Waals surface area contributed by atoms with Crippen molar-refractivity contribution < 1.29 is 18.7 Å². The number of carbonyl (C=O) groups is 1. The van der Waals surface area contributed by atoms with Crippen molar-refractivity contribution in [1.82, 2.24) is 0 Å². The summed E-state index contributed by atoms with van der Waals surface area (Å²) < 4.78 is 24.9. The number of ether oxygens (including phenoxy) is 2. The highest BCUT2D eigenvalue weighted by Gasteiger charge is 2.30. The molecule has 0 aromatic heterocycles. The van der Waals surface area contributed by atoms with Crippen LogP contribution in [0, 0.1) is 19.7 Å². The highest BCUT2D eigenvalue weighted by Crippen LogP contribution is 2.35. The number of hydrogen-bond acceptors (Lipinski definition) is 3. The standard InChI is InChI=1S/C31H30FO3S/c1-22-19-28(36(26-11-7-5-8-12-26)27-13-9-6-10-14-27)20-23(2)30(22)34-21-29(33)35-31(3,4)24-15-17-25(32)18-16-24/h5-20H,21H2,1-4H3/q+1. The summed E-state index contributed by atoms with van der Waals surface area (Å²) in [5.74, 6) is -0.138. The molecule has 0 aliphatic carbocycles. The highest BCUT2D eigenvalue weighted by molar-refractivity contribution is 7.97. The van der Waals surface area contributed by atoms with Crippen molar-refractivity contribution in [1.29, 1.82) is 0 Å². The van der Waals surface area contributed by atoms with Gasteiger partial charge < -0.3 is 9.47 Å². The molecule has 0 N–H and O–H groups in total.